The van der Waals surface area contributed by atoms with Gasteiger partial charge in [0.15, 0.2) is 0 Å². The Morgan fingerprint density at radius 1 is 1.07 bits per heavy atom. The van der Waals surface area contributed by atoms with Gasteiger partial charge >= 0.3 is 0 Å². The third-order valence-electron chi connectivity index (χ3n) is 5.35. The van der Waals surface area contributed by atoms with Gasteiger partial charge in [-0.15, -0.1) is 0 Å². The summed E-state index contributed by atoms with van der Waals surface area (Å²) in [5.41, 5.74) is 3.92. The third-order valence-corrected chi connectivity index (χ3v) is 7.50. The van der Waals surface area contributed by atoms with Crippen LogP contribution < -0.4 is 0 Å². The first-order chi connectivity index (χ1) is 13.2. The number of carbonyl (C=O) groups is 1. The van der Waals surface area contributed by atoms with Crippen molar-refractivity contribution in [3.8, 4) is 0 Å². The van der Waals surface area contributed by atoms with Gasteiger partial charge in [0.1, 0.15) is 4.90 Å². The molecule has 7 nitrogen and oxygen atoms in total. The van der Waals surface area contributed by atoms with Gasteiger partial charge in [-0.1, -0.05) is 17.7 Å². The molecule has 3 rings (SSSR count). The van der Waals surface area contributed by atoms with Gasteiger partial charge in [0.25, 0.3) is 5.91 Å². The summed E-state index contributed by atoms with van der Waals surface area (Å²) in [5, 5.41) is 4.34. The van der Waals surface area contributed by atoms with Crippen LogP contribution in [0, 0.1) is 27.7 Å². The summed E-state index contributed by atoms with van der Waals surface area (Å²) in [5.74, 6) is -0.0410. The average Bonchev–Trinajstić information content (AvgIpc) is 2.95. The maximum absolute atomic E-state index is 13.2. The molecule has 0 bridgehead atoms. The maximum Gasteiger partial charge on any atom is 0.254 e. The number of piperazine rings is 1. The van der Waals surface area contributed by atoms with Crippen molar-refractivity contribution in [3.05, 3.63) is 46.3 Å². The number of carbonyl (C=O) groups excluding carboxylic acids is 1. The van der Waals surface area contributed by atoms with Crippen molar-refractivity contribution in [2.45, 2.75) is 46.1 Å². The van der Waals surface area contributed by atoms with Crippen molar-refractivity contribution < 1.29 is 13.2 Å². The Hall–Kier alpha value is -2.19. The van der Waals surface area contributed by atoms with E-state index >= 15 is 0 Å². The molecule has 0 N–H and O–H groups in total. The number of rotatable bonds is 4. The summed E-state index contributed by atoms with van der Waals surface area (Å²) in [6.45, 7) is 11.3. The summed E-state index contributed by atoms with van der Waals surface area (Å²) in [6, 6.07) is 5.77. The van der Waals surface area contributed by atoms with E-state index in [2.05, 4.69) is 5.10 Å². The van der Waals surface area contributed by atoms with Crippen LogP contribution in [0.4, 0.5) is 0 Å². The molecule has 1 saturated heterocycles. The number of hydrogen-bond acceptors (Lipinski definition) is 4. The largest absolute Gasteiger partial charge is 0.336 e. The molecule has 0 radical (unpaired) electrons. The highest BCUT2D eigenvalue weighted by Gasteiger charge is 2.34. The molecule has 2 aromatic rings. The first kappa shape index (κ1) is 20.5. The quantitative estimate of drug-likeness (QED) is 0.784. The van der Waals surface area contributed by atoms with Crippen LogP contribution in [0.5, 0.6) is 0 Å². The van der Waals surface area contributed by atoms with Crippen LogP contribution in [0.15, 0.2) is 23.1 Å². The van der Waals surface area contributed by atoms with Crippen LogP contribution in [-0.4, -0.2) is 59.5 Å². The van der Waals surface area contributed by atoms with Gasteiger partial charge in [0, 0.05) is 38.3 Å². The van der Waals surface area contributed by atoms with Gasteiger partial charge in [0.05, 0.1) is 11.4 Å². The Morgan fingerprint density at radius 2 is 1.71 bits per heavy atom. The van der Waals surface area contributed by atoms with Crippen LogP contribution in [0.25, 0.3) is 0 Å². The van der Waals surface area contributed by atoms with E-state index in [0.29, 0.717) is 41.5 Å². The molecule has 0 aliphatic carbocycles. The fraction of sp³-hybridized carbons (Fsp3) is 0.500. The molecule has 1 aromatic heterocycles. The van der Waals surface area contributed by atoms with Crippen molar-refractivity contribution in [1.29, 1.82) is 0 Å². The topological polar surface area (TPSA) is 75.5 Å². The molecule has 1 fully saturated rings. The zero-order chi connectivity index (χ0) is 20.6. The van der Waals surface area contributed by atoms with Gasteiger partial charge in [-0.05, 0) is 46.2 Å². The van der Waals surface area contributed by atoms with Crippen LogP contribution in [0.3, 0.4) is 0 Å². The zero-order valence-corrected chi connectivity index (χ0v) is 18.0. The lowest BCUT2D eigenvalue weighted by molar-refractivity contribution is 0.0697. The summed E-state index contributed by atoms with van der Waals surface area (Å²) in [7, 11) is -3.63. The second-order valence-electron chi connectivity index (χ2n) is 7.33. The summed E-state index contributed by atoms with van der Waals surface area (Å²) in [4.78, 5) is 14.9. The predicted octanol–water partition coefficient (Wildman–Crippen LogP) is 2.28. The minimum absolute atomic E-state index is 0.0410. The van der Waals surface area contributed by atoms with E-state index < -0.39 is 10.0 Å². The number of amides is 1. The number of aromatic nitrogens is 2. The van der Waals surface area contributed by atoms with Gasteiger partial charge in [-0.2, -0.15) is 9.40 Å². The molecule has 0 saturated carbocycles. The zero-order valence-electron chi connectivity index (χ0n) is 17.2. The lowest BCUT2D eigenvalue weighted by Crippen LogP contribution is -2.50. The van der Waals surface area contributed by atoms with Crippen LogP contribution in [0.1, 0.15) is 39.8 Å². The number of aryl methyl sites for hydroxylation is 4. The first-order valence-electron chi connectivity index (χ1n) is 9.57. The Bertz CT molecular complexity index is 1000. The highest BCUT2D eigenvalue weighted by atomic mass is 32.2. The van der Waals surface area contributed by atoms with Crippen LogP contribution >= 0.6 is 0 Å². The molecular formula is C20H28N4O3S. The highest BCUT2D eigenvalue weighted by Crippen LogP contribution is 2.25. The Morgan fingerprint density at radius 3 is 2.25 bits per heavy atom. The molecule has 1 aliphatic rings. The van der Waals surface area contributed by atoms with Crippen molar-refractivity contribution in [2.24, 2.45) is 0 Å². The molecule has 1 aliphatic heterocycles. The molecule has 2 heterocycles. The maximum atomic E-state index is 13.2. The number of nitrogens with zero attached hydrogens (tertiary/aromatic N) is 4. The van der Waals surface area contributed by atoms with Gasteiger partial charge in [-0.25, -0.2) is 8.42 Å². The number of benzene rings is 1. The second-order valence-corrected chi connectivity index (χ2v) is 9.21. The smallest absolute Gasteiger partial charge is 0.254 e. The average molecular weight is 405 g/mol. The molecular weight excluding hydrogens is 376 g/mol. The van der Waals surface area contributed by atoms with Crippen molar-refractivity contribution in [3.63, 3.8) is 0 Å². The van der Waals surface area contributed by atoms with E-state index in [0.717, 1.165) is 11.1 Å². The Labute approximate surface area is 167 Å². The fourth-order valence-electron chi connectivity index (χ4n) is 3.85. The predicted molar refractivity (Wildman–Crippen MR) is 108 cm³/mol. The third kappa shape index (κ3) is 3.58. The SMILES string of the molecule is CCn1nc(C)c(S(=O)(=O)N2CCN(C(=O)c3ccc(C)cc3C)CC2)c1C. The monoisotopic (exact) mass is 404 g/mol. The molecule has 1 aromatic carbocycles. The summed E-state index contributed by atoms with van der Waals surface area (Å²) >= 11 is 0. The lowest BCUT2D eigenvalue weighted by Gasteiger charge is -2.34. The van der Waals surface area contributed by atoms with Gasteiger partial charge in [-0.3, -0.25) is 9.48 Å². The molecule has 0 atom stereocenters. The van der Waals surface area contributed by atoms with Crippen molar-refractivity contribution in [1.82, 2.24) is 19.0 Å². The van der Waals surface area contributed by atoms with E-state index in [1.54, 1.807) is 23.4 Å². The van der Waals surface area contributed by atoms with Crippen molar-refractivity contribution >= 4 is 15.9 Å². The Kier molecular flexibility index (Phi) is 5.63. The number of hydrogen-bond donors (Lipinski definition) is 0. The van der Waals surface area contributed by atoms with Gasteiger partial charge in [0.2, 0.25) is 10.0 Å². The minimum Gasteiger partial charge on any atom is -0.336 e. The lowest BCUT2D eigenvalue weighted by atomic mass is 10.0. The standard InChI is InChI=1S/C20H28N4O3S/c1-6-24-17(5)19(16(4)21-24)28(26,27)23-11-9-22(10-12-23)20(25)18-8-7-14(2)13-15(18)3/h7-8,13H,6,9-12H2,1-5H3. The first-order valence-corrected chi connectivity index (χ1v) is 11.0. The molecule has 152 valence electrons. The van der Waals surface area contributed by atoms with E-state index in [1.807, 2.05) is 39.0 Å². The summed E-state index contributed by atoms with van der Waals surface area (Å²) in [6.07, 6.45) is 0. The molecule has 0 unspecified atom stereocenters. The van der Waals surface area contributed by atoms with Crippen molar-refractivity contribution in [2.75, 3.05) is 26.2 Å². The van der Waals surface area contributed by atoms with E-state index in [4.69, 9.17) is 0 Å². The fourth-order valence-corrected chi connectivity index (χ4v) is 5.64. The minimum atomic E-state index is -3.63. The molecule has 1 amide bonds. The molecule has 28 heavy (non-hydrogen) atoms. The molecule has 0 spiro atoms. The van der Waals surface area contributed by atoms with E-state index in [1.165, 1.54) is 4.31 Å². The molecule has 8 heteroatoms. The van der Waals surface area contributed by atoms with Gasteiger partial charge < -0.3 is 4.90 Å². The van der Waals surface area contributed by atoms with Crippen LogP contribution in [-0.2, 0) is 16.6 Å². The normalized spacial score (nSPS) is 15.8. The summed E-state index contributed by atoms with van der Waals surface area (Å²) < 4.78 is 29.5. The van der Waals surface area contributed by atoms with E-state index in [-0.39, 0.29) is 19.0 Å². The number of sulfonamides is 1. The van der Waals surface area contributed by atoms with E-state index in [9.17, 15) is 13.2 Å². The Balaban J connectivity index is 1.76. The second kappa shape index (κ2) is 7.67. The highest BCUT2D eigenvalue weighted by molar-refractivity contribution is 7.89. The van der Waals surface area contributed by atoms with Crippen LogP contribution in [0.2, 0.25) is 0 Å².